The number of amides is 1. The second kappa shape index (κ2) is 7.17. The first kappa shape index (κ1) is 15.4. The van der Waals surface area contributed by atoms with Crippen LogP contribution >= 0.6 is 15.9 Å². The Kier molecular flexibility index (Phi) is 5.54. The number of aromatic nitrogens is 1. The molecule has 1 fully saturated rings. The molecule has 0 aliphatic carbocycles. The highest BCUT2D eigenvalue weighted by atomic mass is 79.9. The first-order valence-electron chi connectivity index (χ1n) is 6.65. The minimum atomic E-state index is -0.715. The van der Waals surface area contributed by atoms with Crippen LogP contribution < -0.4 is 10.6 Å². The third-order valence-electron chi connectivity index (χ3n) is 3.17. The highest BCUT2D eigenvalue weighted by Gasteiger charge is 2.21. The van der Waals surface area contributed by atoms with Crippen LogP contribution in [-0.4, -0.2) is 39.2 Å². The zero-order chi connectivity index (χ0) is 14.5. The van der Waals surface area contributed by atoms with E-state index in [-0.39, 0.29) is 11.9 Å². The van der Waals surface area contributed by atoms with Gasteiger partial charge < -0.3 is 10.6 Å². The van der Waals surface area contributed by atoms with Crippen molar-refractivity contribution in [2.75, 3.05) is 23.4 Å². The molecule has 2 N–H and O–H groups in total. The fourth-order valence-electron chi connectivity index (χ4n) is 2.12. The molecule has 20 heavy (non-hydrogen) atoms. The molecule has 1 amide bonds. The average Bonchev–Trinajstić information content (AvgIpc) is 2.43. The highest BCUT2D eigenvalue weighted by molar-refractivity contribution is 9.10. The molecule has 0 atom stereocenters. The number of anilines is 1. The average molecular weight is 360 g/mol. The molecule has 0 unspecified atom stereocenters. The van der Waals surface area contributed by atoms with E-state index in [0.717, 1.165) is 17.3 Å². The van der Waals surface area contributed by atoms with Crippen LogP contribution in [0.5, 0.6) is 0 Å². The summed E-state index contributed by atoms with van der Waals surface area (Å²) in [7, 11) is -0.715. The zero-order valence-corrected chi connectivity index (χ0v) is 13.7. The maximum atomic E-state index is 12.4. The summed E-state index contributed by atoms with van der Waals surface area (Å²) in [6.45, 7) is 2.67. The van der Waals surface area contributed by atoms with Crippen molar-refractivity contribution >= 4 is 38.5 Å². The van der Waals surface area contributed by atoms with Gasteiger partial charge in [0.1, 0.15) is 5.82 Å². The van der Waals surface area contributed by atoms with Gasteiger partial charge in [-0.15, -0.1) is 0 Å². The number of hydrogen-bond donors (Lipinski definition) is 2. The van der Waals surface area contributed by atoms with Gasteiger partial charge in [-0.25, -0.2) is 4.98 Å². The largest absolute Gasteiger partial charge is 0.370 e. The Hall–Kier alpha value is -0.950. The summed E-state index contributed by atoms with van der Waals surface area (Å²) < 4.78 is 12.1. The zero-order valence-electron chi connectivity index (χ0n) is 11.3. The van der Waals surface area contributed by atoms with Crippen molar-refractivity contribution in [1.82, 2.24) is 10.3 Å². The van der Waals surface area contributed by atoms with Crippen LogP contribution in [0.3, 0.4) is 0 Å². The van der Waals surface area contributed by atoms with Crippen molar-refractivity contribution in [2.45, 2.75) is 25.8 Å². The lowest BCUT2D eigenvalue weighted by molar-refractivity contribution is 0.0935. The molecule has 1 aromatic heterocycles. The Morgan fingerprint density at radius 1 is 1.50 bits per heavy atom. The maximum absolute atomic E-state index is 12.4. The molecule has 2 rings (SSSR count). The van der Waals surface area contributed by atoms with Crippen molar-refractivity contribution in [1.29, 1.82) is 0 Å². The third kappa shape index (κ3) is 4.02. The molecule has 1 aliphatic rings. The molecule has 5 nitrogen and oxygen atoms in total. The van der Waals surface area contributed by atoms with Crippen LogP contribution in [-0.2, 0) is 10.8 Å². The van der Waals surface area contributed by atoms with E-state index in [9.17, 15) is 9.00 Å². The summed E-state index contributed by atoms with van der Waals surface area (Å²) in [6.07, 6.45) is 3.21. The first-order valence-corrected chi connectivity index (χ1v) is 8.93. The second-order valence-electron chi connectivity index (χ2n) is 4.68. The first-order chi connectivity index (χ1) is 9.60. The third-order valence-corrected chi connectivity index (χ3v) is 4.98. The molecule has 0 bridgehead atoms. The number of hydrogen-bond acceptors (Lipinski definition) is 4. The van der Waals surface area contributed by atoms with Crippen LogP contribution in [0.1, 0.15) is 30.1 Å². The Morgan fingerprint density at radius 2 is 2.20 bits per heavy atom. The molecular formula is C13H18BrN3O2S. The van der Waals surface area contributed by atoms with Crippen LogP contribution in [0, 0.1) is 0 Å². The Morgan fingerprint density at radius 3 is 2.85 bits per heavy atom. The molecule has 2 heterocycles. The lowest BCUT2D eigenvalue weighted by Gasteiger charge is -2.23. The maximum Gasteiger partial charge on any atom is 0.255 e. The van der Waals surface area contributed by atoms with E-state index < -0.39 is 10.8 Å². The fraction of sp³-hybridized carbons (Fsp3) is 0.538. The summed E-state index contributed by atoms with van der Waals surface area (Å²) in [5.41, 5.74) is 0.535. The van der Waals surface area contributed by atoms with Gasteiger partial charge in [-0.05, 0) is 41.8 Å². The predicted octanol–water partition coefficient (Wildman–Crippen LogP) is 1.92. The number of carbonyl (C=O) groups excluding carboxylic acids is 1. The molecule has 0 saturated carbocycles. The standard InChI is InChI=1S/C13H18BrN3O2S/c1-2-15-12-11(7-9(14)8-16-12)13(18)17-10-3-5-20(19)6-4-10/h7-8,10H,2-6H2,1H3,(H,15,16)(H,17,18). The van der Waals surface area contributed by atoms with Crippen molar-refractivity contribution in [3.05, 3.63) is 22.3 Å². The normalized spacial score (nSPS) is 22.3. The van der Waals surface area contributed by atoms with E-state index in [2.05, 4.69) is 31.5 Å². The number of nitrogens with zero attached hydrogens (tertiary/aromatic N) is 1. The molecule has 1 saturated heterocycles. The monoisotopic (exact) mass is 359 g/mol. The van der Waals surface area contributed by atoms with E-state index in [1.54, 1.807) is 12.3 Å². The van der Waals surface area contributed by atoms with Crippen LogP contribution in [0.2, 0.25) is 0 Å². The number of carbonyl (C=O) groups is 1. The summed E-state index contributed by atoms with van der Waals surface area (Å²) >= 11 is 3.34. The van der Waals surface area contributed by atoms with Crippen LogP contribution in [0.4, 0.5) is 5.82 Å². The van der Waals surface area contributed by atoms with E-state index in [4.69, 9.17) is 0 Å². The lowest BCUT2D eigenvalue weighted by Crippen LogP contribution is -2.39. The van der Waals surface area contributed by atoms with Gasteiger partial charge in [-0.1, -0.05) is 0 Å². The number of rotatable bonds is 4. The van der Waals surface area contributed by atoms with Gasteiger partial charge in [0.15, 0.2) is 0 Å². The summed E-state index contributed by atoms with van der Waals surface area (Å²) in [6, 6.07) is 1.87. The number of halogens is 1. The highest BCUT2D eigenvalue weighted by Crippen LogP contribution is 2.19. The lowest BCUT2D eigenvalue weighted by atomic mass is 10.1. The van der Waals surface area contributed by atoms with E-state index in [0.29, 0.717) is 29.4 Å². The number of nitrogens with one attached hydrogen (secondary N) is 2. The fourth-order valence-corrected chi connectivity index (χ4v) is 3.75. The Balaban J connectivity index is 2.08. The van der Waals surface area contributed by atoms with Crippen molar-refractivity contribution < 1.29 is 9.00 Å². The van der Waals surface area contributed by atoms with E-state index >= 15 is 0 Å². The molecule has 110 valence electrons. The molecule has 1 aromatic rings. The summed E-state index contributed by atoms with van der Waals surface area (Å²) in [4.78, 5) is 16.6. The number of pyridine rings is 1. The molecule has 0 radical (unpaired) electrons. The Bertz CT molecular complexity index is 514. The van der Waals surface area contributed by atoms with Gasteiger partial charge in [-0.3, -0.25) is 9.00 Å². The van der Waals surface area contributed by atoms with Gasteiger partial charge in [0.25, 0.3) is 5.91 Å². The topological polar surface area (TPSA) is 71.1 Å². The predicted molar refractivity (Wildman–Crippen MR) is 84.5 cm³/mol. The van der Waals surface area contributed by atoms with Gasteiger partial charge >= 0.3 is 0 Å². The second-order valence-corrected chi connectivity index (χ2v) is 7.29. The van der Waals surface area contributed by atoms with Gasteiger partial charge in [0.05, 0.1) is 5.56 Å². The molecule has 1 aliphatic heterocycles. The van der Waals surface area contributed by atoms with Gasteiger partial charge in [0, 0.05) is 45.6 Å². The van der Waals surface area contributed by atoms with E-state index in [1.807, 2.05) is 6.92 Å². The van der Waals surface area contributed by atoms with E-state index in [1.165, 1.54) is 0 Å². The van der Waals surface area contributed by atoms with Crippen LogP contribution in [0.25, 0.3) is 0 Å². The smallest absolute Gasteiger partial charge is 0.255 e. The molecule has 7 heteroatoms. The molecular weight excluding hydrogens is 342 g/mol. The molecule has 0 spiro atoms. The van der Waals surface area contributed by atoms with Crippen molar-refractivity contribution in [3.63, 3.8) is 0 Å². The van der Waals surface area contributed by atoms with Crippen LogP contribution in [0.15, 0.2) is 16.7 Å². The minimum absolute atomic E-state index is 0.105. The van der Waals surface area contributed by atoms with Crippen molar-refractivity contribution in [3.8, 4) is 0 Å². The quantitative estimate of drug-likeness (QED) is 0.861. The summed E-state index contributed by atoms with van der Waals surface area (Å²) in [5, 5.41) is 6.09. The molecule has 0 aromatic carbocycles. The SMILES string of the molecule is CCNc1ncc(Br)cc1C(=O)NC1CCS(=O)CC1. The van der Waals surface area contributed by atoms with Gasteiger partial charge in [0.2, 0.25) is 0 Å². The minimum Gasteiger partial charge on any atom is -0.370 e. The Labute approximate surface area is 129 Å². The summed E-state index contributed by atoms with van der Waals surface area (Å²) in [5.74, 6) is 1.80. The van der Waals surface area contributed by atoms with Gasteiger partial charge in [-0.2, -0.15) is 0 Å². The van der Waals surface area contributed by atoms with Crippen molar-refractivity contribution in [2.24, 2.45) is 0 Å².